The second-order valence-electron chi connectivity index (χ2n) is 3.91. The van der Waals surface area contributed by atoms with E-state index in [0.717, 1.165) is 14.6 Å². The quantitative estimate of drug-likeness (QED) is 0.773. The standard InChI is InChI=1S/C12H12Br2N2O3S/c1-15-20(17,18)12-5-3-9(19-12)7-16-11-6-8(13)2-4-10(11)14/h2-6,15-16H,7H2,1H3. The summed E-state index contributed by atoms with van der Waals surface area (Å²) in [6.45, 7) is 0.383. The van der Waals surface area contributed by atoms with Crippen molar-refractivity contribution in [2.45, 2.75) is 11.6 Å². The fourth-order valence-electron chi connectivity index (χ4n) is 1.51. The van der Waals surface area contributed by atoms with Crippen LogP contribution in [0.3, 0.4) is 0 Å². The van der Waals surface area contributed by atoms with Crippen LogP contribution in [-0.4, -0.2) is 15.5 Å². The number of anilines is 1. The van der Waals surface area contributed by atoms with Crippen molar-refractivity contribution in [3.05, 3.63) is 45.0 Å². The SMILES string of the molecule is CNS(=O)(=O)c1ccc(CNc2cc(Br)ccc2Br)o1. The van der Waals surface area contributed by atoms with Crippen molar-refractivity contribution in [3.63, 3.8) is 0 Å². The molecule has 0 bridgehead atoms. The van der Waals surface area contributed by atoms with Gasteiger partial charge in [-0.2, -0.15) is 0 Å². The van der Waals surface area contributed by atoms with Crippen LogP contribution < -0.4 is 10.0 Å². The lowest BCUT2D eigenvalue weighted by atomic mass is 10.3. The Balaban J connectivity index is 2.10. The molecular weight excluding hydrogens is 412 g/mol. The summed E-state index contributed by atoms with van der Waals surface area (Å²) in [7, 11) is -2.19. The van der Waals surface area contributed by atoms with Gasteiger partial charge in [0, 0.05) is 14.6 Å². The minimum Gasteiger partial charge on any atom is -0.446 e. The molecule has 1 aromatic carbocycles. The molecule has 8 heteroatoms. The molecule has 5 nitrogen and oxygen atoms in total. The average Bonchev–Trinajstić information content (AvgIpc) is 2.89. The van der Waals surface area contributed by atoms with Gasteiger partial charge in [-0.1, -0.05) is 15.9 Å². The summed E-state index contributed by atoms with van der Waals surface area (Å²) in [5.41, 5.74) is 0.883. The van der Waals surface area contributed by atoms with Crippen LogP contribution in [0, 0.1) is 0 Å². The summed E-state index contributed by atoms with van der Waals surface area (Å²) in [6, 6.07) is 8.80. The third-order valence-electron chi connectivity index (χ3n) is 2.55. The zero-order valence-corrected chi connectivity index (χ0v) is 14.5. The van der Waals surface area contributed by atoms with Crippen LogP contribution in [0.4, 0.5) is 5.69 Å². The number of sulfonamides is 1. The smallest absolute Gasteiger partial charge is 0.273 e. The molecule has 1 aromatic heterocycles. The Morgan fingerprint density at radius 2 is 1.95 bits per heavy atom. The van der Waals surface area contributed by atoms with E-state index in [1.165, 1.54) is 13.1 Å². The first-order valence-electron chi connectivity index (χ1n) is 5.63. The zero-order valence-electron chi connectivity index (χ0n) is 10.5. The molecule has 1 heterocycles. The Bertz CT molecular complexity index is 713. The van der Waals surface area contributed by atoms with Crippen molar-refractivity contribution in [2.24, 2.45) is 0 Å². The topological polar surface area (TPSA) is 71.3 Å². The number of nitrogens with one attached hydrogen (secondary N) is 2. The van der Waals surface area contributed by atoms with Crippen LogP contribution in [0.25, 0.3) is 0 Å². The molecule has 2 N–H and O–H groups in total. The highest BCUT2D eigenvalue weighted by atomic mass is 79.9. The van der Waals surface area contributed by atoms with Crippen LogP contribution in [0.2, 0.25) is 0 Å². The minimum atomic E-state index is -3.54. The van der Waals surface area contributed by atoms with E-state index in [9.17, 15) is 8.42 Å². The maximum Gasteiger partial charge on any atom is 0.273 e. The van der Waals surface area contributed by atoms with Gasteiger partial charge in [0.1, 0.15) is 5.76 Å². The van der Waals surface area contributed by atoms with Crippen LogP contribution in [0.5, 0.6) is 0 Å². The van der Waals surface area contributed by atoms with Gasteiger partial charge >= 0.3 is 0 Å². The molecule has 0 unspecified atom stereocenters. The number of furan rings is 1. The second kappa shape index (κ2) is 6.30. The lowest BCUT2D eigenvalue weighted by Crippen LogP contribution is -2.17. The van der Waals surface area contributed by atoms with E-state index in [-0.39, 0.29) is 5.09 Å². The molecular formula is C12H12Br2N2O3S. The molecule has 0 atom stereocenters. The predicted molar refractivity (Wildman–Crippen MR) is 84.1 cm³/mol. The molecule has 0 saturated heterocycles. The summed E-state index contributed by atoms with van der Waals surface area (Å²) in [5.74, 6) is 0.533. The maximum absolute atomic E-state index is 11.5. The monoisotopic (exact) mass is 422 g/mol. The maximum atomic E-state index is 11.5. The summed E-state index contributed by atoms with van der Waals surface area (Å²) < 4.78 is 32.5. The average molecular weight is 424 g/mol. The van der Waals surface area contributed by atoms with Crippen molar-refractivity contribution < 1.29 is 12.8 Å². The first kappa shape index (κ1) is 15.6. The van der Waals surface area contributed by atoms with Crippen molar-refractivity contribution in [2.75, 3.05) is 12.4 Å². The molecule has 2 aromatic rings. The van der Waals surface area contributed by atoms with E-state index in [0.29, 0.717) is 12.3 Å². The molecule has 20 heavy (non-hydrogen) atoms. The van der Waals surface area contributed by atoms with E-state index in [1.54, 1.807) is 6.07 Å². The van der Waals surface area contributed by atoms with Gasteiger partial charge in [0.2, 0.25) is 5.09 Å². The number of benzene rings is 1. The number of rotatable bonds is 5. The molecule has 0 aliphatic heterocycles. The Labute approximate surface area is 134 Å². The van der Waals surface area contributed by atoms with Crippen LogP contribution in [-0.2, 0) is 16.6 Å². The van der Waals surface area contributed by atoms with E-state index >= 15 is 0 Å². The first-order chi connectivity index (χ1) is 9.42. The van der Waals surface area contributed by atoms with E-state index < -0.39 is 10.0 Å². The zero-order chi connectivity index (χ0) is 14.8. The van der Waals surface area contributed by atoms with Crippen molar-refractivity contribution in [3.8, 4) is 0 Å². The van der Waals surface area contributed by atoms with Crippen LogP contribution in [0.1, 0.15) is 5.76 Å². The normalized spacial score (nSPS) is 11.6. The van der Waals surface area contributed by atoms with E-state index in [4.69, 9.17) is 4.42 Å². The van der Waals surface area contributed by atoms with Gasteiger partial charge in [0.05, 0.1) is 6.54 Å². The summed E-state index contributed by atoms with van der Waals surface area (Å²) in [5, 5.41) is 3.07. The third kappa shape index (κ3) is 3.63. The van der Waals surface area contributed by atoms with E-state index in [1.807, 2.05) is 18.2 Å². The van der Waals surface area contributed by atoms with Gasteiger partial charge in [-0.15, -0.1) is 0 Å². The molecule has 0 fully saturated rings. The molecule has 0 saturated carbocycles. The highest BCUT2D eigenvalue weighted by molar-refractivity contribution is 9.11. The van der Waals surface area contributed by atoms with Gasteiger partial charge in [-0.25, -0.2) is 13.1 Å². The highest BCUT2D eigenvalue weighted by Crippen LogP contribution is 2.26. The minimum absolute atomic E-state index is 0.0925. The summed E-state index contributed by atoms with van der Waals surface area (Å²) in [4.78, 5) is 0. The first-order valence-corrected chi connectivity index (χ1v) is 8.70. The molecule has 2 rings (SSSR count). The molecule has 0 spiro atoms. The molecule has 0 aliphatic carbocycles. The number of hydrogen-bond acceptors (Lipinski definition) is 4. The highest BCUT2D eigenvalue weighted by Gasteiger charge is 2.16. The number of halogens is 2. The molecule has 0 amide bonds. The fourth-order valence-corrected chi connectivity index (χ4v) is 2.93. The van der Waals surface area contributed by atoms with Gasteiger partial charge < -0.3 is 9.73 Å². The van der Waals surface area contributed by atoms with Crippen molar-refractivity contribution in [1.29, 1.82) is 0 Å². The fraction of sp³-hybridized carbons (Fsp3) is 0.167. The largest absolute Gasteiger partial charge is 0.446 e. The number of hydrogen-bond donors (Lipinski definition) is 2. The predicted octanol–water partition coefficient (Wildman–Crippen LogP) is 3.32. The Morgan fingerprint density at radius 1 is 1.20 bits per heavy atom. The molecule has 108 valence electrons. The second-order valence-corrected chi connectivity index (χ2v) is 7.49. The Kier molecular flexibility index (Phi) is 4.90. The van der Waals surface area contributed by atoms with Crippen molar-refractivity contribution in [1.82, 2.24) is 4.72 Å². The molecule has 0 aliphatic rings. The van der Waals surface area contributed by atoms with E-state index in [2.05, 4.69) is 41.9 Å². The third-order valence-corrected chi connectivity index (χ3v) is 5.02. The lowest BCUT2D eigenvalue weighted by molar-refractivity contribution is 0.417. The Morgan fingerprint density at radius 3 is 2.65 bits per heavy atom. The van der Waals surface area contributed by atoms with Crippen molar-refractivity contribution >= 4 is 47.6 Å². The molecule has 0 radical (unpaired) electrons. The van der Waals surface area contributed by atoms with Gasteiger partial charge in [0.25, 0.3) is 10.0 Å². The lowest BCUT2D eigenvalue weighted by Gasteiger charge is -2.07. The summed E-state index contributed by atoms with van der Waals surface area (Å²) in [6.07, 6.45) is 0. The summed E-state index contributed by atoms with van der Waals surface area (Å²) >= 11 is 6.82. The Hall–Kier alpha value is -0.830. The van der Waals surface area contributed by atoms with Gasteiger partial charge in [0.15, 0.2) is 0 Å². The van der Waals surface area contributed by atoms with Crippen LogP contribution >= 0.6 is 31.9 Å². The van der Waals surface area contributed by atoms with Crippen LogP contribution in [0.15, 0.2) is 48.8 Å². The van der Waals surface area contributed by atoms with Gasteiger partial charge in [-0.05, 0) is 53.3 Å². The van der Waals surface area contributed by atoms with Gasteiger partial charge in [-0.3, -0.25) is 0 Å².